The largest absolute Gasteiger partial charge is 0.493 e. The van der Waals surface area contributed by atoms with Gasteiger partial charge >= 0.3 is 17.9 Å². The van der Waals surface area contributed by atoms with Crippen molar-refractivity contribution in [1.29, 1.82) is 0 Å². The lowest BCUT2D eigenvalue weighted by atomic mass is 9.73. The Morgan fingerprint density at radius 3 is 1.31 bits per heavy atom. The van der Waals surface area contributed by atoms with Crippen LogP contribution in [0.4, 0.5) is 0 Å². The quantitative estimate of drug-likeness (QED) is 0.0183. The molecule has 2 fully saturated rings. The van der Waals surface area contributed by atoms with Crippen molar-refractivity contribution < 1.29 is 62.9 Å². The molecule has 0 radical (unpaired) electrons. The van der Waals surface area contributed by atoms with Crippen LogP contribution >= 0.6 is 0 Å². The molecular formula is C59H68O13. The summed E-state index contributed by atoms with van der Waals surface area (Å²) < 4.78 is 39.6. The predicted molar refractivity (Wildman–Crippen MR) is 274 cm³/mol. The zero-order valence-corrected chi connectivity index (χ0v) is 40.9. The first-order valence-electron chi connectivity index (χ1n) is 24.6. The number of esters is 3. The number of benzene rings is 4. The molecule has 6 rings (SSSR count). The molecule has 0 aliphatic heterocycles. The fraction of sp³-hybridized carbons (Fsp3) is 0.373. The third-order valence-electron chi connectivity index (χ3n) is 12.7. The molecule has 0 amide bonds. The van der Waals surface area contributed by atoms with Crippen LogP contribution in [-0.4, -0.2) is 97.8 Å². The highest BCUT2D eigenvalue weighted by Crippen LogP contribution is 2.44. The molecule has 13 heteroatoms. The first-order chi connectivity index (χ1) is 35.0. The lowest BCUT2D eigenvalue weighted by Gasteiger charge is -2.30. The third-order valence-corrected chi connectivity index (χ3v) is 12.7. The van der Waals surface area contributed by atoms with Crippen LogP contribution in [0.3, 0.4) is 0 Å². The van der Waals surface area contributed by atoms with E-state index in [1.807, 2.05) is 60.7 Å². The monoisotopic (exact) mass is 984 g/mol. The smallest absolute Gasteiger partial charge is 0.330 e. The lowest BCUT2D eigenvalue weighted by Crippen LogP contribution is -2.24. The molecule has 0 aromatic heterocycles. The van der Waals surface area contributed by atoms with E-state index in [4.69, 9.17) is 33.2 Å². The minimum Gasteiger partial charge on any atom is -0.493 e. The van der Waals surface area contributed by atoms with E-state index in [1.165, 1.54) is 11.6 Å². The van der Waals surface area contributed by atoms with Crippen molar-refractivity contribution in [2.24, 2.45) is 11.8 Å². The maximum absolute atomic E-state index is 11.9. The Kier molecular flexibility index (Phi) is 21.3. The first-order valence-corrected chi connectivity index (χ1v) is 24.6. The van der Waals surface area contributed by atoms with Gasteiger partial charge in [0.2, 0.25) is 0 Å². The number of hydrogen-bond acceptors (Lipinski definition) is 13. The molecule has 0 bridgehead atoms. The van der Waals surface area contributed by atoms with Crippen molar-refractivity contribution in [3.63, 3.8) is 0 Å². The Labute approximate surface area is 423 Å². The van der Waals surface area contributed by atoms with Gasteiger partial charge in [0.05, 0.1) is 19.3 Å². The summed E-state index contributed by atoms with van der Waals surface area (Å²) >= 11 is 0. The van der Waals surface area contributed by atoms with Crippen LogP contribution in [0.25, 0.3) is 0 Å². The number of carbonyl (C=O) groups is 3. The van der Waals surface area contributed by atoms with Crippen molar-refractivity contribution in [3.8, 4) is 17.2 Å². The van der Waals surface area contributed by atoms with E-state index in [1.54, 1.807) is 6.08 Å². The van der Waals surface area contributed by atoms with Gasteiger partial charge in [-0.05, 0) is 133 Å². The van der Waals surface area contributed by atoms with Crippen LogP contribution in [0, 0.1) is 11.8 Å². The summed E-state index contributed by atoms with van der Waals surface area (Å²) in [6.07, 6.45) is 9.32. The van der Waals surface area contributed by atoms with Crippen LogP contribution in [0.1, 0.15) is 84.6 Å². The Bertz CT molecular complexity index is 2410. The average Bonchev–Trinajstić information content (AvgIpc) is 4.25. The number of ether oxygens (including phenoxy) is 7. The molecule has 3 N–H and O–H groups in total. The molecule has 6 unspecified atom stereocenters. The molecule has 2 aliphatic rings. The second-order valence-corrected chi connectivity index (χ2v) is 18.1. The average molecular weight is 985 g/mol. The Morgan fingerprint density at radius 1 is 0.500 bits per heavy atom. The Hall–Kier alpha value is -6.93. The second-order valence-electron chi connectivity index (χ2n) is 18.1. The normalized spacial score (nSPS) is 15.4. The van der Waals surface area contributed by atoms with E-state index < -0.39 is 36.2 Å². The van der Waals surface area contributed by atoms with Crippen LogP contribution in [0.15, 0.2) is 159 Å². The summed E-state index contributed by atoms with van der Waals surface area (Å²) in [5.41, 5.74) is 6.27. The SMILES string of the molecule is C=CC(=O)OCC(O)CCCc1ccc(C(c2ccc(OCC(O)COC(C=C)=C3CCC3)cc2)C(c2ccc(OCC(O)COC(=O)C=C)cc2)c2ccc(OCC(COC(=O)C=C)C3CC3)cc2)cc1. The topological polar surface area (TPSA) is 177 Å². The number of aliphatic hydroxyl groups excluding tert-OH is 3. The minimum atomic E-state index is -1.05. The minimum absolute atomic E-state index is 0.0326. The van der Waals surface area contributed by atoms with E-state index >= 15 is 0 Å². The molecule has 0 heterocycles. The molecule has 4 aromatic carbocycles. The molecule has 2 saturated carbocycles. The zero-order chi connectivity index (χ0) is 51.2. The molecule has 0 saturated heterocycles. The molecule has 6 atom stereocenters. The van der Waals surface area contributed by atoms with Crippen molar-refractivity contribution in [1.82, 2.24) is 0 Å². The standard InChI is InChI=1S/C59H68O13/c1-5-54(42-12-10-13-42)69-38-49(61)36-67-52-29-23-44(24-30-52)58(43-17-15-40(16-18-43)11-9-14-48(60)35-71-56(64)7-3)59(46-25-31-53(32-26-46)68-37-50(62)39-72-57(65)8-4)45-21-27-51(28-22-45)66-33-47(41-19-20-41)34-70-55(63)6-2/h5-8,15-18,21-32,41,47-50,58-62H,1-4,9-14,19-20,33-39H2. The number of carbonyl (C=O) groups excluding carboxylic acids is 3. The van der Waals surface area contributed by atoms with Crippen molar-refractivity contribution in [3.05, 3.63) is 187 Å². The first kappa shape index (κ1) is 54.4. The zero-order valence-electron chi connectivity index (χ0n) is 40.9. The Morgan fingerprint density at radius 2 is 0.903 bits per heavy atom. The van der Waals surface area contributed by atoms with Crippen molar-refractivity contribution >= 4 is 17.9 Å². The molecule has 72 heavy (non-hydrogen) atoms. The highest BCUT2D eigenvalue weighted by Gasteiger charge is 2.33. The van der Waals surface area contributed by atoms with E-state index in [2.05, 4.69) is 62.7 Å². The van der Waals surface area contributed by atoms with Gasteiger partial charge in [0.1, 0.15) is 68.3 Å². The highest BCUT2D eigenvalue weighted by atomic mass is 16.6. The van der Waals surface area contributed by atoms with Gasteiger partial charge in [-0.15, -0.1) is 0 Å². The molecule has 4 aromatic rings. The summed E-state index contributed by atoms with van der Waals surface area (Å²) in [5.74, 6) is 0.812. The van der Waals surface area contributed by atoms with Gasteiger partial charge in [-0.3, -0.25) is 0 Å². The summed E-state index contributed by atoms with van der Waals surface area (Å²) in [5, 5.41) is 31.6. The summed E-state index contributed by atoms with van der Waals surface area (Å²) in [4.78, 5) is 34.9. The predicted octanol–water partition coefficient (Wildman–Crippen LogP) is 9.05. The number of aryl methyl sites for hydroxylation is 1. The lowest BCUT2D eigenvalue weighted by molar-refractivity contribution is -0.141. The maximum Gasteiger partial charge on any atom is 0.330 e. The molecule has 13 nitrogen and oxygen atoms in total. The number of allylic oxidation sites excluding steroid dienone is 2. The van der Waals surface area contributed by atoms with Gasteiger partial charge in [-0.2, -0.15) is 0 Å². The van der Waals surface area contributed by atoms with Crippen LogP contribution in [-0.2, 0) is 39.8 Å². The Balaban J connectivity index is 1.27. The van der Waals surface area contributed by atoms with E-state index in [9.17, 15) is 29.7 Å². The van der Waals surface area contributed by atoms with Crippen LogP contribution in [0.5, 0.6) is 17.2 Å². The maximum atomic E-state index is 11.9. The van der Waals surface area contributed by atoms with Gasteiger partial charge < -0.3 is 48.5 Å². The van der Waals surface area contributed by atoms with Crippen LogP contribution in [0.2, 0.25) is 0 Å². The van der Waals surface area contributed by atoms with Crippen LogP contribution < -0.4 is 14.2 Å². The fourth-order valence-electron chi connectivity index (χ4n) is 8.37. The van der Waals surface area contributed by atoms with Gasteiger partial charge in [0, 0.05) is 36.0 Å². The van der Waals surface area contributed by atoms with E-state index in [-0.39, 0.29) is 57.4 Å². The fourth-order valence-corrected chi connectivity index (χ4v) is 8.37. The molecule has 0 spiro atoms. The van der Waals surface area contributed by atoms with Gasteiger partial charge in [-0.25, -0.2) is 14.4 Å². The van der Waals surface area contributed by atoms with E-state index in [0.29, 0.717) is 49.0 Å². The van der Waals surface area contributed by atoms with Crippen molar-refractivity contribution in [2.45, 2.75) is 81.5 Å². The molecular weight excluding hydrogens is 917 g/mol. The number of hydrogen-bond donors (Lipinski definition) is 3. The van der Waals surface area contributed by atoms with Gasteiger partial charge in [-0.1, -0.05) is 87.0 Å². The van der Waals surface area contributed by atoms with Gasteiger partial charge in [0.15, 0.2) is 0 Å². The van der Waals surface area contributed by atoms with E-state index in [0.717, 1.165) is 77.8 Å². The summed E-state index contributed by atoms with van der Waals surface area (Å²) in [6, 6.07) is 32.0. The van der Waals surface area contributed by atoms with Crippen molar-refractivity contribution in [2.75, 3.05) is 46.2 Å². The third kappa shape index (κ3) is 17.1. The molecule has 382 valence electrons. The number of aliphatic hydroxyl groups is 3. The highest BCUT2D eigenvalue weighted by molar-refractivity contribution is 5.81. The molecule has 2 aliphatic carbocycles. The van der Waals surface area contributed by atoms with Gasteiger partial charge in [0.25, 0.3) is 0 Å². The second kappa shape index (κ2) is 28.2. The summed E-state index contributed by atoms with van der Waals surface area (Å²) in [7, 11) is 0. The summed E-state index contributed by atoms with van der Waals surface area (Å²) in [6.45, 7) is 14.5. The number of rotatable bonds is 32.